The first kappa shape index (κ1) is 19.7. The van der Waals surface area contributed by atoms with Gasteiger partial charge in [-0.2, -0.15) is 0 Å². The fraction of sp³-hybridized carbons (Fsp3) is 0.263. The van der Waals surface area contributed by atoms with E-state index in [0.717, 1.165) is 0 Å². The van der Waals surface area contributed by atoms with Crippen LogP contribution in [0.4, 0.5) is 15.8 Å². The third kappa shape index (κ3) is 5.20. The van der Waals surface area contributed by atoms with E-state index in [4.69, 9.17) is 11.6 Å². The molecule has 0 radical (unpaired) electrons. The molecule has 5 nitrogen and oxygen atoms in total. The molecular weight excluding hydrogens is 357 g/mol. The molecule has 2 amide bonds. The van der Waals surface area contributed by atoms with Crippen LogP contribution in [0.15, 0.2) is 42.5 Å². The lowest BCUT2D eigenvalue weighted by atomic mass is 10.1. The summed E-state index contributed by atoms with van der Waals surface area (Å²) in [6.07, 6.45) is 0. The molecule has 0 unspecified atom stereocenters. The maximum atomic E-state index is 13.1. The van der Waals surface area contributed by atoms with Crippen molar-refractivity contribution in [2.24, 2.45) is 0 Å². The molecule has 0 heterocycles. The molecule has 0 aromatic heterocycles. The van der Waals surface area contributed by atoms with E-state index in [9.17, 15) is 14.0 Å². The van der Waals surface area contributed by atoms with Crippen LogP contribution >= 0.6 is 11.6 Å². The number of benzene rings is 2. The molecule has 0 spiro atoms. The first-order valence-corrected chi connectivity index (χ1v) is 8.70. The molecule has 26 heavy (non-hydrogen) atoms. The minimum Gasteiger partial charge on any atom is -0.376 e. The lowest BCUT2D eigenvalue weighted by Gasteiger charge is -2.19. The van der Waals surface area contributed by atoms with Crippen LogP contribution in [-0.4, -0.2) is 36.3 Å². The highest BCUT2D eigenvalue weighted by atomic mass is 35.5. The fourth-order valence-corrected chi connectivity index (χ4v) is 2.60. The number of rotatable bonds is 7. The van der Waals surface area contributed by atoms with E-state index >= 15 is 0 Å². The summed E-state index contributed by atoms with van der Waals surface area (Å²) < 4.78 is 13.1. The van der Waals surface area contributed by atoms with Gasteiger partial charge >= 0.3 is 0 Å². The Labute approximate surface area is 157 Å². The number of nitrogens with one attached hydrogen (secondary N) is 2. The summed E-state index contributed by atoms with van der Waals surface area (Å²) in [6, 6.07) is 11.0. The summed E-state index contributed by atoms with van der Waals surface area (Å²) >= 11 is 5.69. The minimum atomic E-state index is -0.544. The van der Waals surface area contributed by atoms with E-state index in [1.165, 1.54) is 18.2 Å². The zero-order valence-electron chi connectivity index (χ0n) is 14.7. The lowest BCUT2D eigenvalue weighted by Crippen LogP contribution is -2.30. The fourth-order valence-electron chi connectivity index (χ4n) is 2.42. The molecule has 0 aliphatic rings. The summed E-state index contributed by atoms with van der Waals surface area (Å²) in [7, 11) is 0. The Morgan fingerprint density at radius 2 is 1.81 bits per heavy atom. The number of carbonyl (C=O) groups excluding carboxylic acids is 2. The lowest BCUT2D eigenvalue weighted by molar-refractivity contribution is -0.114. The van der Waals surface area contributed by atoms with Gasteiger partial charge in [-0.15, -0.1) is 0 Å². The van der Waals surface area contributed by atoms with Gasteiger partial charge < -0.3 is 15.5 Å². The first-order chi connectivity index (χ1) is 12.4. The van der Waals surface area contributed by atoms with Gasteiger partial charge in [0, 0.05) is 30.0 Å². The van der Waals surface area contributed by atoms with E-state index in [1.54, 1.807) is 29.2 Å². The topological polar surface area (TPSA) is 61.4 Å². The number of nitrogens with zero attached hydrogens (tertiary/aromatic N) is 1. The van der Waals surface area contributed by atoms with Gasteiger partial charge in [0.1, 0.15) is 5.82 Å². The van der Waals surface area contributed by atoms with E-state index in [2.05, 4.69) is 10.6 Å². The summed E-state index contributed by atoms with van der Waals surface area (Å²) in [5.41, 5.74) is 1.63. The van der Waals surface area contributed by atoms with E-state index in [1.807, 2.05) is 13.8 Å². The molecule has 0 atom stereocenters. The van der Waals surface area contributed by atoms with Gasteiger partial charge in [-0.25, -0.2) is 4.39 Å². The van der Waals surface area contributed by atoms with Gasteiger partial charge in [-0.3, -0.25) is 9.59 Å². The third-order valence-corrected chi connectivity index (χ3v) is 4.11. The number of amides is 2. The van der Waals surface area contributed by atoms with Crippen molar-refractivity contribution in [1.29, 1.82) is 0 Å². The Morgan fingerprint density at radius 1 is 1.08 bits per heavy atom. The van der Waals surface area contributed by atoms with Crippen LogP contribution in [0, 0.1) is 5.82 Å². The molecule has 138 valence electrons. The highest BCUT2D eigenvalue weighted by molar-refractivity contribution is 6.31. The summed E-state index contributed by atoms with van der Waals surface area (Å²) in [5.74, 6) is -0.908. The Kier molecular flexibility index (Phi) is 6.97. The summed E-state index contributed by atoms with van der Waals surface area (Å²) in [4.78, 5) is 26.1. The Bertz CT molecular complexity index is 794. The van der Waals surface area contributed by atoms with Crippen molar-refractivity contribution in [2.45, 2.75) is 13.8 Å². The minimum absolute atomic E-state index is 0.00207. The zero-order valence-corrected chi connectivity index (χ0v) is 15.4. The number of halogens is 2. The molecule has 0 fully saturated rings. The van der Waals surface area contributed by atoms with E-state index in [-0.39, 0.29) is 23.4 Å². The standard InChI is InChI=1S/C19H21ClFN3O2/c1-3-24(4-2)19(26)13-6-5-7-14(10-13)22-12-18(25)23-15-8-9-17(21)16(20)11-15/h5-11,22H,3-4,12H2,1-2H3,(H,23,25). The largest absolute Gasteiger partial charge is 0.376 e. The van der Waals surface area contributed by atoms with Crippen molar-refractivity contribution in [1.82, 2.24) is 4.90 Å². The second-order valence-corrected chi connectivity index (χ2v) is 6.00. The van der Waals surface area contributed by atoms with Crippen molar-refractivity contribution in [3.05, 3.63) is 58.9 Å². The molecule has 0 saturated carbocycles. The van der Waals surface area contributed by atoms with Gasteiger partial charge in [0.25, 0.3) is 5.91 Å². The molecule has 2 aromatic carbocycles. The van der Waals surface area contributed by atoms with Crippen LogP contribution < -0.4 is 10.6 Å². The molecular formula is C19H21ClFN3O2. The smallest absolute Gasteiger partial charge is 0.253 e. The van der Waals surface area contributed by atoms with Crippen molar-refractivity contribution in [3.63, 3.8) is 0 Å². The second kappa shape index (κ2) is 9.20. The number of hydrogen-bond donors (Lipinski definition) is 2. The van der Waals surface area contributed by atoms with E-state index in [0.29, 0.717) is 30.0 Å². The van der Waals surface area contributed by atoms with Gasteiger partial charge in [0.05, 0.1) is 11.6 Å². The van der Waals surface area contributed by atoms with Gasteiger partial charge in [-0.1, -0.05) is 17.7 Å². The molecule has 7 heteroatoms. The second-order valence-electron chi connectivity index (χ2n) is 5.59. The van der Waals surface area contributed by atoms with Crippen molar-refractivity contribution in [2.75, 3.05) is 30.3 Å². The Hall–Kier alpha value is -2.60. The van der Waals surface area contributed by atoms with Gasteiger partial charge in [0.2, 0.25) is 5.91 Å². The van der Waals surface area contributed by atoms with Crippen LogP contribution in [0.3, 0.4) is 0 Å². The summed E-state index contributed by atoms with van der Waals surface area (Å²) in [5, 5.41) is 5.54. The quantitative estimate of drug-likeness (QED) is 0.766. The van der Waals surface area contributed by atoms with Gasteiger partial charge in [-0.05, 0) is 50.2 Å². The van der Waals surface area contributed by atoms with Crippen LogP contribution in [0.1, 0.15) is 24.2 Å². The van der Waals surface area contributed by atoms with Crippen molar-refractivity contribution < 1.29 is 14.0 Å². The average Bonchev–Trinajstić information content (AvgIpc) is 2.64. The normalized spacial score (nSPS) is 10.3. The SMILES string of the molecule is CCN(CC)C(=O)c1cccc(NCC(=O)Nc2ccc(F)c(Cl)c2)c1. The molecule has 0 aliphatic carbocycles. The number of carbonyl (C=O) groups is 2. The maximum absolute atomic E-state index is 13.1. The Balaban J connectivity index is 1.96. The zero-order chi connectivity index (χ0) is 19.1. The monoisotopic (exact) mass is 377 g/mol. The van der Waals surface area contributed by atoms with Crippen LogP contribution in [0.2, 0.25) is 5.02 Å². The van der Waals surface area contributed by atoms with Crippen LogP contribution in [0.5, 0.6) is 0 Å². The first-order valence-electron chi connectivity index (χ1n) is 8.32. The van der Waals surface area contributed by atoms with Crippen molar-refractivity contribution >= 4 is 34.8 Å². The average molecular weight is 378 g/mol. The highest BCUT2D eigenvalue weighted by Gasteiger charge is 2.13. The Morgan fingerprint density at radius 3 is 2.46 bits per heavy atom. The predicted octanol–water partition coefficient (Wildman–Crippen LogP) is 4.01. The molecule has 2 aromatic rings. The molecule has 0 aliphatic heterocycles. The predicted molar refractivity (Wildman–Crippen MR) is 102 cm³/mol. The maximum Gasteiger partial charge on any atom is 0.253 e. The molecule has 0 saturated heterocycles. The number of hydrogen-bond acceptors (Lipinski definition) is 3. The van der Waals surface area contributed by atoms with Crippen LogP contribution in [-0.2, 0) is 4.79 Å². The van der Waals surface area contributed by atoms with Crippen LogP contribution in [0.25, 0.3) is 0 Å². The summed E-state index contributed by atoms with van der Waals surface area (Å²) in [6.45, 7) is 5.12. The molecule has 2 rings (SSSR count). The van der Waals surface area contributed by atoms with Crippen molar-refractivity contribution in [3.8, 4) is 0 Å². The third-order valence-electron chi connectivity index (χ3n) is 3.82. The van der Waals surface area contributed by atoms with Gasteiger partial charge in [0.15, 0.2) is 0 Å². The van der Waals surface area contributed by atoms with E-state index < -0.39 is 5.82 Å². The molecule has 2 N–H and O–H groups in total. The highest BCUT2D eigenvalue weighted by Crippen LogP contribution is 2.19. The number of anilines is 2. The molecule has 0 bridgehead atoms.